The molecule has 2 heterocycles. The molecule has 0 saturated heterocycles. The molecule has 0 bridgehead atoms. The molecule has 3 aromatic rings. The van der Waals surface area contributed by atoms with Gasteiger partial charge in [0.2, 0.25) is 5.95 Å². The Bertz CT molecular complexity index is 996. The molecule has 0 radical (unpaired) electrons. The third-order valence-electron chi connectivity index (χ3n) is 3.81. The van der Waals surface area contributed by atoms with Crippen molar-refractivity contribution in [1.82, 2.24) is 19.9 Å². The molecular weight excluding hydrogens is 408 g/mol. The molecule has 1 atom stereocenters. The van der Waals surface area contributed by atoms with Crippen LogP contribution in [0.3, 0.4) is 0 Å². The molecule has 1 unspecified atom stereocenters. The van der Waals surface area contributed by atoms with Crippen molar-refractivity contribution in [3.8, 4) is 28.7 Å². The van der Waals surface area contributed by atoms with E-state index in [4.69, 9.17) is 10.5 Å². The van der Waals surface area contributed by atoms with Crippen LogP contribution in [-0.4, -0.2) is 49.0 Å². The van der Waals surface area contributed by atoms with E-state index in [2.05, 4.69) is 26.0 Å². The number of nitrogens with two attached hydrogens (primary N) is 1. The van der Waals surface area contributed by atoms with Gasteiger partial charge in [0.25, 0.3) is 0 Å². The maximum atomic E-state index is 12.2. The average Bonchev–Trinajstić information content (AvgIpc) is 2.76. The molecule has 0 aliphatic rings. The van der Waals surface area contributed by atoms with Crippen molar-refractivity contribution >= 4 is 28.9 Å². The van der Waals surface area contributed by atoms with Gasteiger partial charge in [0, 0.05) is 25.1 Å². The third kappa shape index (κ3) is 5.42. The number of hydrogen-bond donors (Lipinski definition) is 1. The highest BCUT2D eigenvalue weighted by atomic mass is 32.3. The standard InChI is InChI=1S/C19H18N6O2S2/c1-27-7-8-29(26)12-28-18-15(9-20)16(13-5-3-2-4-6-13)24-17(25-18)14-10-22-19(21)23-11-14/h2-6,10-11H,7-8,12H2,1H3,(H2,21,22,23). The maximum absolute atomic E-state index is 12.2. The number of anilines is 1. The highest BCUT2D eigenvalue weighted by Crippen LogP contribution is 2.32. The fraction of sp³-hybridized carbons (Fsp3) is 0.211. The highest BCUT2D eigenvalue weighted by Gasteiger charge is 2.19. The van der Waals surface area contributed by atoms with Gasteiger partial charge < -0.3 is 15.0 Å². The summed E-state index contributed by atoms with van der Waals surface area (Å²) in [4.78, 5) is 17.1. The topological polar surface area (TPSA) is 134 Å². The quantitative estimate of drug-likeness (QED) is 0.327. The van der Waals surface area contributed by atoms with E-state index in [1.807, 2.05) is 30.3 Å². The molecule has 2 N–H and O–H groups in total. The van der Waals surface area contributed by atoms with Gasteiger partial charge in [0.1, 0.15) is 22.4 Å². The molecule has 0 saturated carbocycles. The minimum atomic E-state index is -1.11. The number of aromatic nitrogens is 4. The zero-order valence-electron chi connectivity index (χ0n) is 15.6. The maximum Gasteiger partial charge on any atom is 0.219 e. The highest BCUT2D eigenvalue weighted by molar-refractivity contribution is 8.12. The SMILES string of the molecule is COCC[S+]([O-])CSc1nc(-c2cnc(N)nc2)nc(-c2ccccc2)c1C#N. The van der Waals surface area contributed by atoms with Crippen molar-refractivity contribution in [2.45, 2.75) is 5.03 Å². The Morgan fingerprint density at radius 2 is 1.90 bits per heavy atom. The first-order chi connectivity index (χ1) is 14.1. The summed E-state index contributed by atoms with van der Waals surface area (Å²) in [6.07, 6.45) is 3.06. The number of ether oxygens (including phenoxy) is 1. The Hall–Kier alpha value is -2.71. The van der Waals surface area contributed by atoms with E-state index in [-0.39, 0.29) is 5.95 Å². The molecule has 1 aromatic carbocycles. The monoisotopic (exact) mass is 426 g/mol. The second-order valence-electron chi connectivity index (χ2n) is 5.78. The molecule has 10 heteroatoms. The van der Waals surface area contributed by atoms with Crippen LogP contribution in [0, 0.1) is 11.3 Å². The lowest BCUT2D eigenvalue weighted by Gasteiger charge is -2.13. The summed E-state index contributed by atoms with van der Waals surface area (Å²) in [5.41, 5.74) is 7.76. The average molecular weight is 427 g/mol. The third-order valence-corrected chi connectivity index (χ3v) is 6.52. The lowest BCUT2D eigenvalue weighted by Crippen LogP contribution is -2.13. The number of hydrogen-bond acceptors (Lipinski definition) is 9. The van der Waals surface area contributed by atoms with Crippen LogP contribution in [0.4, 0.5) is 5.95 Å². The smallest absolute Gasteiger partial charge is 0.219 e. The van der Waals surface area contributed by atoms with Crippen LogP contribution in [0.5, 0.6) is 0 Å². The summed E-state index contributed by atoms with van der Waals surface area (Å²) in [7, 11) is 1.57. The van der Waals surface area contributed by atoms with Gasteiger partial charge in [-0.1, -0.05) is 42.1 Å². The minimum Gasteiger partial charge on any atom is -0.616 e. The zero-order chi connectivity index (χ0) is 20.6. The predicted octanol–water partition coefficient (Wildman–Crippen LogP) is 2.50. The van der Waals surface area contributed by atoms with E-state index in [0.717, 1.165) is 5.56 Å². The molecule has 148 valence electrons. The second kappa shape index (κ2) is 10.2. The lowest BCUT2D eigenvalue weighted by atomic mass is 10.1. The summed E-state index contributed by atoms with van der Waals surface area (Å²) < 4.78 is 17.1. The van der Waals surface area contributed by atoms with Gasteiger partial charge in [-0.3, -0.25) is 0 Å². The summed E-state index contributed by atoms with van der Waals surface area (Å²) in [5, 5.41) is 10.5. The molecule has 0 aliphatic heterocycles. The van der Waals surface area contributed by atoms with Gasteiger partial charge in [0.15, 0.2) is 10.9 Å². The van der Waals surface area contributed by atoms with Crippen molar-refractivity contribution in [1.29, 1.82) is 5.26 Å². The van der Waals surface area contributed by atoms with E-state index < -0.39 is 11.2 Å². The Kier molecular flexibility index (Phi) is 7.37. The molecule has 0 amide bonds. The van der Waals surface area contributed by atoms with Gasteiger partial charge in [-0.15, -0.1) is 0 Å². The van der Waals surface area contributed by atoms with Crippen LogP contribution in [0.25, 0.3) is 22.6 Å². The first-order valence-electron chi connectivity index (χ1n) is 8.54. The molecule has 2 aromatic heterocycles. The summed E-state index contributed by atoms with van der Waals surface area (Å²) >= 11 is 0.147. The molecule has 8 nitrogen and oxygen atoms in total. The van der Waals surface area contributed by atoms with Crippen LogP contribution < -0.4 is 5.73 Å². The number of thioether (sulfide) groups is 1. The Morgan fingerprint density at radius 3 is 2.55 bits per heavy atom. The normalized spacial score (nSPS) is 11.8. The fourth-order valence-corrected chi connectivity index (χ4v) is 4.62. The first kappa shape index (κ1) is 21.0. The molecule has 0 fully saturated rings. The number of methoxy groups -OCH3 is 1. The second-order valence-corrected chi connectivity index (χ2v) is 8.69. The van der Waals surface area contributed by atoms with Crippen molar-refractivity contribution in [2.75, 3.05) is 30.3 Å². The van der Waals surface area contributed by atoms with Gasteiger partial charge in [-0.25, -0.2) is 19.9 Å². The Labute approximate surface area is 175 Å². The largest absolute Gasteiger partial charge is 0.616 e. The van der Waals surface area contributed by atoms with Gasteiger partial charge in [0.05, 0.1) is 17.9 Å². The van der Waals surface area contributed by atoms with Crippen LogP contribution in [0.1, 0.15) is 5.56 Å². The lowest BCUT2D eigenvalue weighted by molar-refractivity contribution is 0.217. The van der Waals surface area contributed by atoms with Gasteiger partial charge >= 0.3 is 0 Å². The van der Waals surface area contributed by atoms with E-state index >= 15 is 0 Å². The van der Waals surface area contributed by atoms with Crippen molar-refractivity contribution in [2.24, 2.45) is 0 Å². The summed E-state index contributed by atoms with van der Waals surface area (Å²) in [5.74, 6) is 0.933. The molecule has 29 heavy (non-hydrogen) atoms. The number of nitriles is 1. The molecule has 0 aliphatic carbocycles. The number of nitrogen functional groups attached to an aromatic ring is 1. The van der Waals surface area contributed by atoms with E-state index in [9.17, 15) is 9.81 Å². The number of nitrogens with zero attached hydrogens (tertiary/aromatic N) is 5. The van der Waals surface area contributed by atoms with Gasteiger partial charge in [-0.05, 0) is 11.2 Å². The Morgan fingerprint density at radius 1 is 1.17 bits per heavy atom. The summed E-state index contributed by atoms with van der Waals surface area (Å²) in [6, 6.07) is 11.6. The van der Waals surface area contributed by atoms with Crippen molar-refractivity contribution in [3.05, 3.63) is 48.3 Å². The van der Waals surface area contributed by atoms with E-state index in [1.165, 1.54) is 24.2 Å². The van der Waals surface area contributed by atoms with Crippen LogP contribution >= 0.6 is 11.8 Å². The summed E-state index contributed by atoms with van der Waals surface area (Å²) in [6.45, 7) is 0.408. The van der Waals surface area contributed by atoms with E-state index in [0.29, 0.717) is 45.1 Å². The minimum absolute atomic E-state index is 0.147. The number of rotatable bonds is 8. The van der Waals surface area contributed by atoms with Crippen molar-refractivity contribution < 1.29 is 9.29 Å². The molecule has 3 rings (SSSR count). The van der Waals surface area contributed by atoms with E-state index in [1.54, 1.807) is 7.11 Å². The Balaban J connectivity index is 2.04. The van der Waals surface area contributed by atoms with Crippen LogP contribution in [0.2, 0.25) is 0 Å². The van der Waals surface area contributed by atoms with Crippen molar-refractivity contribution in [3.63, 3.8) is 0 Å². The fourth-order valence-electron chi connectivity index (χ4n) is 2.39. The number of benzene rings is 1. The molecular formula is C19H18N6O2S2. The van der Waals surface area contributed by atoms with Crippen LogP contribution in [-0.2, 0) is 15.9 Å². The van der Waals surface area contributed by atoms with Crippen LogP contribution in [0.15, 0.2) is 47.8 Å². The zero-order valence-corrected chi connectivity index (χ0v) is 17.2. The van der Waals surface area contributed by atoms with Gasteiger partial charge in [-0.2, -0.15) is 5.26 Å². The first-order valence-corrected chi connectivity index (χ1v) is 11.0. The molecule has 0 spiro atoms. The predicted molar refractivity (Wildman–Crippen MR) is 113 cm³/mol.